The molecular weight excluding hydrogens is 412 g/mol. The summed E-state index contributed by atoms with van der Waals surface area (Å²) in [5.74, 6) is 0.0986. The molecule has 154 valence electrons. The Morgan fingerprint density at radius 1 is 1.10 bits per heavy atom. The number of nitrogens with zero attached hydrogens (tertiary/aromatic N) is 2. The Balaban J connectivity index is 2.42. The average molecular weight is 435 g/mol. The summed E-state index contributed by atoms with van der Waals surface area (Å²) in [7, 11) is -2.41. The van der Waals surface area contributed by atoms with Crippen LogP contribution < -0.4 is 4.90 Å². The summed E-state index contributed by atoms with van der Waals surface area (Å²) in [4.78, 5) is 17.2. The summed E-state index contributed by atoms with van der Waals surface area (Å²) in [5.41, 5.74) is 2.54. The van der Waals surface area contributed by atoms with Gasteiger partial charge in [-0.1, -0.05) is 41.4 Å². The molecule has 0 bridgehead atoms. The van der Waals surface area contributed by atoms with Crippen molar-refractivity contribution in [3.8, 4) is 0 Å². The number of rotatable bonds is 6. The van der Waals surface area contributed by atoms with Crippen molar-refractivity contribution in [1.82, 2.24) is 0 Å². The highest BCUT2D eigenvalue weighted by molar-refractivity contribution is 7.86. The molecule has 0 N–H and O–H groups in total. The van der Waals surface area contributed by atoms with Crippen LogP contribution in [0.15, 0.2) is 63.8 Å². The number of allylic oxidation sites excluding steroid dienone is 1. The first-order valence-electron chi connectivity index (χ1n) is 8.78. The fourth-order valence-electron chi connectivity index (χ4n) is 2.37. The quantitative estimate of drug-likeness (QED) is 0.165. The molecule has 2 aromatic rings. The number of halogens is 1. The Morgan fingerprint density at radius 2 is 1.72 bits per heavy atom. The molecule has 0 unspecified atom stereocenters. The average Bonchev–Trinajstić information content (AvgIpc) is 2.68. The molecule has 6 nitrogen and oxygen atoms in total. The van der Waals surface area contributed by atoms with Crippen LogP contribution in [0, 0.1) is 13.8 Å². The lowest BCUT2D eigenvalue weighted by Gasteiger charge is -2.21. The number of aldehydes is 1. The van der Waals surface area contributed by atoms with Crippen molar-refractivity contribution in [2.75, 3.05) is 11.9 Å². The first-order chi connectivity index (χ1) is 13.6. The van der Waals surface area contributed by atoms with Crippen LogP contribution in [0.4, 0.5) is 5.69 Å². The fraction of sp³-hybridized carbons (Fsp3) is 0.238. The van der Waals surface area contributed by atoms with Crippen LogP contribution in [-0.4, -0.2) is 27.6 Å². The van der Waals surface area contributed by atoms with Gasteiger partial charge >= 0.3 is 10.1 Å². The normalized spacial score (nSPS) is 13.0. The van der Waals surface area contributed by atoms with E-state index in [9.17, 15) is 13.2 Å². The van der Waals surface area contributed by atoms with Gasteiger partial charge < -0.3 is 9.08 Å². The molecule has 0 aliphatic carbocycles. The second kappa shape index (κ2) is 9.24. The van der Waals surface area contributed by atoms with Crippen molar-refractivity contribution in [2.24, 2.45) is 4.99 Å². The highest BCUT2D eigenvalue weighted by Gasteiger charge is 2.20. The minimum atomic E-state index is -4.15. The molecule has 29 heavy (non-hydrogen) atoms. The summed E-state index contributed by atoms with van der Waals surface area (Å²) in [5, 5.41) is 0.551. The van der Waals surface area contributed by atoms with E-state index in [4.69, 9.17) is 15.8 Å². The number of hydrogen-bond acceptors (Lipinski definition) is 5. The Bertz CT molecular complexity index is 1070. The number of amidine groups is 1. The van der Waals surface area contributed by atoms with Gasteiger partial charge in [0.1, 0.15) is 10.7 Å². The third-order valence-electron chi connectivity index (χ3n) is 4.29. The maximum atomic E-state index is 12.6. The minimum Gasteiger partial charge on any atom is -0.358 e. The molecule has 0 aliphatic rings. The van der Waals surface area contributed by atoms with E-state index in [1.807, 2.05) is 32.0 Å². The number of carbonyl (C=O) groups excluding carboxylic acids is 1. The Hall–Kier alpha value is -2.64. The van der Waals surface area contributed by atoms with E-state index in [0.717, 1.165) is 11.1 Å². The molecule has 8 heteroatoms. The lowest BCUT2D eigenvalue weighted by atomic mass is 10.2. The zero-order valence-corrected chi connectivity index (χ0v) is 18.5. The molecular formula is C21H23ClN2O4S. The maximum Gasteiger partial charge on any atom is 0.340 e. The van der Waals surface area contributed by atoms with Crippen LogP contribution in [0.25, 0.3) is 0 Å². The van der Waals surface area contributed by atoms with Crippen LogP contribution >= 0.6 is 11.6 Å². The molecule has 0 heterocycles. The van der Waals surface area contributed by atoms with Crippen molar-refractivity contribution in [3.63, 3.8) is 0 Å². The number of hydrogen-bond donors (Lipinski definition) is 0. The lowest BCUT2D eigenvalue weighted by Crippen LogP contribution is -2.24. The molecule has 0 saturated carbocycles. The molecule has 2 rings (SSSR count). The highest BCUT2D eigenvalue weighted by Crippen LogP contribution is 2.28. The van der Waals surface area contributed by atoms with Gasteiger partial charge in [0, 0.05) is 7.05 Å². The smallest absolute Gasteiger partial charge is 0.340 e. The van der Waals surface area contributed by atoms with Gasteiger partial charge in [-0.05, 0) is 51.5 Å². The predicted molar refractivity (Wildman–Crippen MR) is 116 cm³/mol. The summed E-state index contributed by atoms with van der Waals surface area (Å²) < 4.78 is 30.4. The van der Waals surface area contributed by atoms with Crippen molar-refractivity contribution >= 4 is 39.5 Å². The Morgan fingerprint density at radius 3 is 2.31 bits per heavy atom. The maximum absolute atomic E-state index is 12.6. The minimum absolute atomic E-state index is 0.0257. The molecule has 0 fully saturated rings. The van der Waals surface area contributed by atoms with Gasteiger partial charge in [0.05, 0.1) is 16.3 Å². The molecule has 0 radical (unpaired) electrons. The van der Waals surface area contributed by atoms with E-state index >= 15 is 0 Å². The first-order valence-corrected chi connectivity index (χ1v) is 10.6. The van der Waals surface area contributed by atoms with E-state index in [1.165, 1.54) is 19.1 Å². The van der Waals surface area contributed by atoms with Gasteiger partial charge in [-0.2, -0.15) is 13.4 Å². The standard InChI is InChI=1S/C21H23ClN2O4S/c1-14-9-11-18(12-10-14)29(26,27)28-21(16(3)13-25)23-17(4)24(5)19-8-6-7-15(2)20(19)22/h6-13H,1-5H3/b21-16+,23-17?. The number of aliphatic imine (C=N–C) groups is 1. The van der Waals surface area contributed by atoms with E-state index < -0.39 is 10.1 Å². The zero-order chi connectivity index (χ0) is 21.8. The number of aryl methyl sites for hydroxylation is 2. The van der Waals surface area contributed by atoms with Crippen LogP contribution in [0.1, 0.15) is 25.0 Å². The molecule has 0 aliphatic heterocycles. The highest BCUT2D eigenvalue weighted by atomic mass is 35.5. The second-order valence-electron chi connectivity index (χ2n) is 6.58. The molecule has 0 spiro atoms. The van der Waals surface area contributed by atoms with E-state index in [-0.39, 0.29) is 16.4 Å². The van der Waals surface area contributed by atoms with E-state index in [0.29, 0.717) is 22.8 Å². The summed E-state index contributed by atoms with van der Waals surface area (Å²) >= 11 is 6.37. The van der Waals surface area contributed by atoms with Crippen molar-refractivity contribution in [2.45, 2.75) is 32.6 Å². The monoisotopic (exact) mass is 434 g/mol. The van der Waals surface area contributed by atoms with Crippen molar-refractivity contribution < 1.29 is 17.4 Å². The summed E-state index contributed by atoms with van der Waals surface area (Å²) in [6.07, 6.45) is 0.496. The van der Waals surface area contributed by atoms with E-state index in [1.54, 1.807) is 31.0 Å². The van der Waals surface area contributed by atoms with Gasteiger partial charge in [-0.25, -0.2) is 0 Å². The Labute approximate surface area is 176 Å². The van der Waals surface area contributed by atoms with Crippen molar-refractivity contribution in [3.05, 3.63) is 70.1 Å². The molecule has 0 atom stereocenters. The third-order valence-corrected chi connectivity index (χ3v) is 6.01. The molecule has 2 aromatic carbocycles. The first kappa shape index (κ1) is 22.6. The fourth-order valence-corrected chi connectivity index (χ4v) is 3.56. The van der Waals surface area contributed by atoms with Gasteiger partial charge in [-0.3, -0.25) is 4.79 Å². The summed E-state index contributed by atoms with van der Waals surface area (Å²) in [6, 6.07) is 11.7. The van der Waals surface area contributed by atoms with Gasteiger partial charge in [0.15, 0.2) is 6.29 Å². The number of anilines is 1. The van der Waals surface area contributed by atoms with E-state index in [2.05, 4.69) is 4.99 Å². The SMILES string of the molecule is CC(=N/C(OS(=O)(=O)c1ccc(C)cc1)=C(/C)C=O)N(C)c1cccc(C)c1Cl. The number of benzene rings is 2. The van der Waals surface area contributed by atoms with Crippen LogP contribution in [0.5, 0.6) is 0 Å². The van der Waals surface area contributed by atoms with Crippen LogP contribution in [0.2, 0.25) is 5.02 Å². The molecule has 0 aromatic heterocycles. The Kier molecular flexibility index (Phi) is 7.21. The lowest BCUT2D eigenvalue weighted by molar-refractivity contribution is -0.105. The van der Waals surface area contributed by atoms with Gasteiger partial charge in [0.25, 0.3) is 0 Å². The van der Waals surface area contributed by atoms with Gasteiger partial charge in [-0.15, -0.1) is 0 Å². The number of carbonyl (C=O) groups is 1. The zero-order valence-electron chi connectivity index (χ0n) is 16.9. The second-order valence-corrected chi connectivity index (χ2v) is 8.51. The van der Waals surface area contributed by atoms with Gasteiger partial charge in [0.2, 0.25) is 5.88 Å². The largest absolute Gasteiger partial charge is 0.358 e. The van der Waals surface area contributed by atoms with Crippen LogP contribution in [-0.2, 0) is 19.1 Å². The van der Waals surface area contributed by atoms with Crippen LogP contribution in [0.3, 0.4) is 0 Å². The van der Waals surface area contributed by atoms with Crippen molar-refractivity contribution in [1.29, 1.82) is 0 Å². The summed E-state index contributed by atoms with van der Waals surface area (Å²) in [6.45, 7) is 6.83. The predicted octanol–water partition coefficient (Wildman–Crippen LogP) is 4.65. The third kappa shape index (κ3) is 5.46. The topological polar surface area (TPSA) is 76.0 Å². The molecule has 0 saturated heterocycles. The molecule has 0 amide bonds.